The molecule has 9 heteroatoms. The van der Waals surface area contributed by atoms with E-state index in [2.05, 4.69) is 30.6 Å². The maximum Gasteiger partial charge on any atom is 0.387 e. The molecular formula is C19H28F2IN5O. The SMILES string of the molecule is CCNC(=NCc1cc(C)ccc1OC(F)F)NCCCc1cn[nH]c1C.I. The maximum atomic E-state index is 12.6. The average molecular weight is 507 g/mol. The molecule has 156 valence electrons. The largest absolute Gasteiger partial charge is 0.434 e. The number of rotatable bonds is 9. The lowest BCUT2D eigenvalue weighted by molar-refractivity contribution is -0.0504. The second-order valence-electron chi connectivity index (χ2n) is 6.24. The van der Waals surface area contributed by atoms with E-state index in [1.807, 2.05) is 33.0 Å². The molecule has 6 nitrogen and oxygen atoms in total. The van der Waals surface area contributed by atoms with E-state index in [0.717, 1.165) is 30.6 Å². The standard InChI is InChI=1S/C19H27F2N5O.HI/c1-4-22-19(23-9-5-6-15-12-25-26-14(15)3)24-11-16-10-13(2)7-8-17(16)27-18(20)21;/h7-8,10,12,18H,4-6,9,11H2,1-3H3,(H,25,26)(H2,22,23,24);1H. The highest BCUT2D eigenvalue weighted by Gasteiger charge is 2.10. The van der Waals surface area contributed by atoms with Crippen LogP contribution in [0.3, 0.4) is 0 Å². The van der Waals surface area contributed by atoms with E-state index < -0.39 is 6.61 Å². The molecule has 0 saturated heterocycles. The van der Waals surface area contributed by atoms with Crippen LogP contribution in [-0.4, -0.2) is 35.9 Å². The number of nitrogens with zero attached hydrogens (tertiary/aromatic N) is 2. The van der Waals surface area contributed by atoms with Gasteiger partial charge in [-0.25, -0.2) is 4.99 Å². The molecule has 0 aliphatic heterocycles. The smallest absolute Gasteiger partial charge is 0.387 e. The molecule has 0 fully saturated rings. The number of aromatic amines is 1. The fourth-order valence-corrected chi connectivity index (χ4v) is 2.66. The highest BCUT2D eigenvalue weighted by atomic mass is 127. The van der Waals surface area contributed by atoms with E-state index in [0.29, 0.717) is 18.1 Å². The number of aryl methyl sites for hydroxylation is 3. The zero-order chi connectivity index (χ0) is 19.6. The number of aliphatic imine (C=N–C) groups is 1. The number of benzene rings is 1. The molecule has 0 amide bonds. The van der Waals surface area contributed by atoms with Gasteiger partial charge in [-0.1, -0.05) is 17.7 Å². The van der Waals surface area contributed by atoms with Crippen molar-refractivity contribution in [3.05, 3.63) is 46.8 Å². The van der Waals surface area contributed by atoms with Crippen LogP contribution < -0.4 is 15.4 Å². The molecule has 2 rings (SSSR count). The number of aromatic nitrogens is 2. The summed E-state index contributed by atoms with van der Waals surface area (Å²) >= 11 is 0. The van der Waals surface area contributed by atoms with Gasteiger partial charge in [0.05, 0.1) is 12.7 Å². The van der Waals surface area contributed by atoms with Crippen molar-refractivity contribution in [1.29, 1.82) is 0 Å². The second-order valence-corrected chi connectivity index (χ2v) is 6.24. The molecule has 0 atom stereocenters. The number of H-pyrrole nitrogens is 1. The minimum absolute atomic E-state index is 0. The Bertz CT molecular complexity index is 752. The minimum atomic E-state index is -2.85. The third-order valence-electron chi connectivity index (χ3n) is 4.03. The number of guanidine groups is 1. The first-order chi connectivity index (χ1) is 13.0. The van der Waals surface area contributed by atoms with E-state index >= 15 is 0 Å². The van der Waals surface area contributed by atoms with Crippen molar-refractivity contribution in [2.75, 3.05) is 13.1 Å². The van der Waals surface area contributed by atoms with Gasteiger partial charge in [-0.3, -0.25) is 5.10 Å². The summed E-state index contributed by atoms with van der Waals surface area (Å²) in [5.74, 6) is 0.802. The summed E-state index contributed by atoms with van der Waals surface area (Å²) in [5.41, 5.74) is 3.88. The van der Waals surface area contributed by atoms with Crippen LogP contribution in [0.25, 0.3) is 0 Å². The van der Waals surface area contributed by atoms with Gasteiger partial charge in [-0.15, -0.1) is 24.0 Å². The highest BCUT2D eigenvalue weighted by molar-refractivity contribution is 14.0. The van der Waals surface area contributed by atoms with Gasteiger partial charge >= 0.3 is 6.61 Å². The Morgan fingerprint density at radius 1 is 1.25 bits per heavy atom. The zero-order valence-corrected chi connectivity index (χ0v) is 18.7. The molecule has 0 unspecified atom stereocenters. The molecular weight excluding hydrogens is 479 g/mol. The van der Waals surface area contributed by atoms with Gasteiger partial charge in [0.15, 0.2) is 5.96 Å². The van der Waals surface area contributed by atoms with Gasteiger partial charge in [0, 0.05) is 24.3 Å². The van der Waals surface area contributed by atoms with E-state index in [-0.39, 0.29) is 36.3 Å². The third kappa shape index (κ3) is 7.99. The molecule has 0 saturated carbocycles. The van der Waals surface area contributed by atoms with Crippen LogP contribution >= 0.6 is 24.0 Å². The minimum Gasteiger partial charge on any atom is -0.434 e. The van der Waals surface area contributed by atoms with E-state index in [1.165, 1.54) is 5.56 Å². The lowest BCUT2D eigenvalue weighted by Gasteiger charge is -2.13. The van der Waals surface area contributed by atoms with Crippen LogP contribution in [-0.2, 0) is 13.0 Å². The van der Waals surface area contributed by atoms with Gasteiger partial charge < -0.3 is 15.4 Å². The second kappa shape index (κ2) is 12.5. The Labute approximate surface area is 181 Å². The normalized spacial score (nSPS) is 11.3. The molecule has 0 aliphatic carbocycles. The van der Waals surface area contributed by atoms with Crippen molar-refractivity contribution in [2.45, 2.75) is 46.8 Å². The number of alkyl halides is 2. The topological polar surface area (TPSA) is 74.3 Å². The van der Waals surface area contributed by atoms with Gasteiger partial charge in [-0.2, -0.15) is 13.9 Å². The van der Waals surface area contributed by atoms with Crippen LogP contribution in [0.1, 0.15) is 35.7 Å². The number of hydrogen-bond donors (Lipinski definition) is 3. The first-order valence-corrected chi connectivity index (χ1v) is 9.05. The Hall–Kier alpha value is -1.91. The van der Waals surface area contributed by atoms with Gasteiger partial charge in [0.2, 0.25) is 0 Å². The van der Waals surface area contributed by atoms with Gasteiger partial charge in [0.25, 0.3) is 0 Å². The summed E-state index contributed by atoms with van der Waals surface area (Å²) in [7, 11) is 0. The predicted molar refractivity (Wildman–Crippen MR) is 118 cm³/mol. The third-order valence-corrected chi connectivity index (χ3v) is 4.03. The molecule has 0 spiro atoms. The first-order valence-electron chi connectivity index (χ1n) is 9.05. The van der Waals surface area contributed by atoms with E-state index in [9.17, 15) is 8.78 Å². The number of halogens is 3. The highest BCUT2D eigenvalue weighted by Crippen LogP contribution is 2.22. The maximum absolute atomic E-state index is 12.6. The summed E-state index contributed by atoms with van der Waals surface area (Å²) < 4.78 is 29.8. The quantitative estimate of drug-likeness (QED) is 0.208. The van der Waals surface area contributed by atoms with Crippen LogP contribution in [0.15, 0.2) is 29.4 Å². The predicted octanol–water partition coefficient (Wildman–Crippen LogP) is 3.93. The Morgan fingerprint density at radius 3 is 2.68 bits per heavy atom. The fraction of sp³-hybridized carbons (Fsp3) is 0.474. The van der Waals surface area contributed by atoms with Crippen LogP contribution in [0.4, 0.5) is 8.78 Å². The van der Waals surface area contributed by atoms with E-state index in [1.54, 1.807) is 12.1 Å². The van der Waals surface area contributed by atoms with Crippen molar-refractivity contribution < 1.29 is 13.5 Å². The molecule has 1 heterocycles. The molecule has 3 N–H and O–H groups in total. The Balaban J connectivity index is 0.00000392. The summed E-state index contributed by atoms with van der Waals surface area (Å²) in [6.07, 6.45) is 3.69. The fourth-order valence-electron chi connectivity index (χ4n) is 2.66. The number of ether oxygens (including phenoxy) is 1. The molecule has 0 radical (unpaired) electrons. The Kier molecular flexibility index (Phi) is 10.8. The van der Waals surface area contributed by atoms with Gasteiger partial charge in [0.1, 0.15) is 5.75 Å². The molecule has 1 aromatic heterocycles. The average Bonchev–Trinajstić information content (AvgIpc) is 3.03. The molecule has 0 aliphatic rings. The van der Waals surface area contributed by atoms with Crippen molar-refractivity contribution >= 4 is 29.9 Å². The van der Waals surface area contributed by atoms with Crippen molar-refractivity contribution in [3.63, 3.8) is 0 Å². The summed E-state index contributed by atoms with van der Waals surface area (Å²) in [6.45, 7) is 4.73. The molecule has 2 aromatic rings. The Morgan fingerprint density at radius 2 is 2.04 bits per heavy atom. The van der Waals surface area contributed by atoms with E-state index in [4.69, 9.17) is 0 Å². The van der Waals surface area contributed by atoms with Crippen LogP contribution in [0, 0.1) is 13.8 Å². The summed E-state index contributed by atoms with van der Waals surface area (Å²) in [4.78, 5) is 4.50. The lowest BCUT2D eigenvalue weighted by Crippen LogP contribution is -2.37. The first kappa shape index (κ1) is 24.1. The molecule has 1 aromatic carbocycles. The lowest BCUT2D eigenvalue weighted by atomic mass is 10.1. The summed E-state index contributed by atoms with van der Waals surface area (Å²) in [5, 5.41) is 13.4. The van der Waals surface area contributed by atoms with Crippen molar-refractivity contribution in [3.8, 4) is 5.75 Å². The summed E-state index contributed by atoms with van der Waals surface area (Å²) in [6, 6.07) is 5.11. The van der Waals surface area contributed by atoms with Crippen molar-refractivity contribution in [1.82, 2.24) is 20.8 Å². The van der Waals surface area contributed by atoms with Crippen LogP contribution in [0.5, 0.6) is 5.75 Å². The number of hydrogen-bond acceptors (Lipinski definition) is 3. The zero-order valence-electron chi connectivity index (χ0n) is 16.4. The van der Waals surface area contributed by atoms with Crippen LogP contribution in [0.2, 0.25) is 0 Å². The number of nitrogens with one attached hydrogen (secondary N) is 3. The van der Waals surface area contributed by atoms with Gasteiger partial charge in [-0.05, 0) is 45.2 Å². The molecule has 28 heavy (non-hydrogen) atoms. The van der Waals surface area contributed by atoms with Crippen molar-refractivity contribution in [2.24, 2.45) is 4.99 Å². The monoisotopic (exact) mass is 507 g/mol. The molecule has 0 bridgehead atoms.